The largest absolute Gasteiger partial charge is 0.483 e. The third-order valence-corrected chi connectivity index (χ3v) is 4.75. The van der Waals surface area contributed by atoms with Crippen LogP contribution in [0, 0.1) is 12.7 Å². The predicted molar refractivity (Wildman–Crippen MR) is 102 cm³/mol. The van der Waals surface area contributed by atoms with Crippen molar-refractivity contribution in [2.24, 2.45) is 0 Å². The van der Waals surface area contributed by atoms with Gasteiger partial charge in [0.1, 0.15) is 17.3 Å². The summed E-state index contributed by atoms with van der Waals surface area (Å²) in [6, 6.07) is 7.43. The topological polar surface area (TPSA) is 95.1 Å². The second-order valence-corrected chi connectivity index (χ2v) is 6.90. The van der Waals surface area contributed by atoms with Crippen molar-refractivity contribution < 1.29 is 18.4 Å². The van der Waals surface area contributed by atoms with E-state index in [1.807, 2.05) is 18.4 Å². The standard InChI is InChI=1S/C18H20FN5O3S/c1-4-24-17(12(3)26-14-7-5-13(19)6-8-14)21-22-18(24)28-10-16(25)20-15-9-11(2)27-23-15/h5-9,12H,4,10H2,1-3H3,(H,20,23,25). The number of anilines is 1. The smallest absolute Gasteiger partial charge is 0.236 e. The number of aromatic nitrogens is 4. The van der Waals surface area contributed by atoms with Gasteiger partial charge in [-0.3, -0.25) is 4.79 Å². The molecule has 8 nitrogen and oxygen atoms in total. The summed E-state index contributed by atoms with van der Waals surface area (Å²) in [5.74, 6) is 1.76. The van der Waals surface area contributed by atoms with Crippen molar-refractivity contribution in [2.75, 3.05) is 11.1 Å². The summed E-state index contributed by atoms with van der Waals surface area (Å²) >= 11 is 1.27. The Kier molecular flexibility index (Phi) is 6.30. The van der Waals surface area contributed by atoms with Gasteiger partial charge in [0.15, 0.2) is 22.9 Å². The van der Waals surface area contributed by atoms with E-state index in [4.69, 9.17) is 9.26 Å². The SMILES string of the molecule is CCn1c(SCC(=O)Nc2cc(C)on2)nnc1C(C)Oc1ccc(F)cc1. The number of hydrogen-bond donors (Lipinski definition) is 1. The second kappa shape index (κ2) is 8.87. The number of benzene rings is 1. The number of hydrogen-bond acceptors (Lipinski definition) is 7. The Hall–Kier alpha value is -2.88. The van der Waals surface area contributed by atoms with E-state index in [-0.39, 0.29) is 23.6 Å². The molecule has 1 N–H and O–H groups in total. The van der Waals surface area contributed by atoms with E-state index in [0.717, 1.165) is 0 Å². The van der Waals surface area contributed by atoms with E-state index in [0.29, 0.717) is 34.9 Å². The minimum atomic E-state index is -0.390. The van der Waals surface area contributed by atoms with E-state index >= 15 is 0 Å². The third kappa shape index (κ3) is 4.89. The van der Waals surface area contributed by atoms with Gasteiger partial charge in [-0.25, -0.2) is 4.39 Å². The number of nitrogens with one attached hydrogen (secondary N) is 1. The first-order chi connectivity index (χ1) is 13.5. The number of rotatable bonds is 8. The summed E-state index contributed by atoms with van der Waals surface area (Å²) in [6.45, 7) is 6.16. The Morgan fingerprint density at radius 2 is 2.11 bits per heavy atom. The predicted octanol–water partition coefficient (Wildman–Crippen LogP) is 3.60. The number of nitrogens with zero attached hydrogens (tertiary/aromatic N) is 4. The highest BCUT2D eigenvalue weighted by atomic mass is 32.2. The van der Waals surface area contributed by atoms with Gasteiger partial charge < -0.3 is 19.1 Å². The molecule has 1 amide bonds. The van der Waals surface area contributed by atoms with Crippen molar-refractivity contribution in [2.45, 2.75) is 38.6 Å². The highest BCUT2D eigenvalue weighted by molar-refractivity contribution is 7.99. The van der Waals surface area contributed by atoms with Gasteiger partial charge in [0.05, 0.1) is 5.75 Å². The van der Waals surface area contributed by atoms with Gasteiger partial charge in [-0.05, 0) is 45.0 Å². The molecule has 0 saturated heterocycles. The van der Waals surface area contributed by atoms with Crippen LogP contribution in [0.5, 0.6) is 5.75 Å². The molecule has 0 saturated carbocycles. The van der Waals surface area contributed by atoms with Crippen molar-refractivity contribution in [3.8, 4) is 5.75 Å². The molecule has 1 aromatic carbocycles. The highest BCUT2D eigenvalue weighted by Gasteiger charge is 2.19. The zero-order chi connectivity index (χ0) is 20.1. The van der Waals surface area contributed by atoms with E-state index in [9.17, 15) is 9.18 Å². The van der Waals surface area contributed by atoms with Crippen LogP contribution in [0.15, 0.2) is 40.0 Å². The van der Waals surface area contributed by atoms with E-state index in [2.05, 4.69) is 20.7 Å². The number of halogens is 1. The number of amides is 1. The minimum absolute atomic E-state index is 0.150. The van der Waals surface area contributed by atoms with Crippen LogP contribution in [-0.4, -0.2) is 31.6 Å². The summed E-state index contributed by atoms with van der Waals surface area (Å²) in [4.78, 5) is 12.1. The molecule has 2 aromatic heterocycles. The van der Waals surface area contributed by atoms with Crippen LogP contribution in [0.1, 0.15) is 31.5 Å². The fraction of sp³-hybridized carbons (Fsp3) is 0.333. The van der Waals surface area contributed by atoms with Gasteiger partial charge in [-0.15, -0.1) is 10.2 Å². The van der Waals surface area contributed by atoms with Gasteiger partial charge in [-0.1, -0.05) is 16.9 Å². The van der Waals surface area contributed by atoms with Crippen molar-refractivity contribution in [1.82, 2.24) is 19.9 Å². The molecular weight excluding hydrogens is 385 g/mol. The van der Waals surface area contributed by atoms with Crippen LogP contribution in [0.3, 0.4) is 0 Å². The van der Waals surface area contributed by atoms with Gasteiger partial charge in [0.2, 0.25) is 5.91 Å². The van der Waals surface area contributed by atoms with Gasteiger partial charge in [0, 0.05) is 12.6 Å². The quantitative estimate of drug-likeness (QED) is 0.572. The highest BCUT2D eigenvalue weighted by Crippen LogP contribution is 2.25. The number of thioether (sulfide) groups is 1. The van der Waals surface area contributed by atoms with E-state index < -0.39 is 0 Å². The normalized spacial score (nSPS) is 12.0. The van der Waals surface area contributed by atoms with Crippen LogP contribution in [0.25, 0.3) is 0 Å². The maximum Gasteiger partial charge on any atom is 0.236 e. The Bertz CT molecular complexity index is 941. The zero-order valence-corrected chi connectivity index (χ0v) is 16.5. The van der Waals surface area contributed by atoms with E-state index in [1.54, 1.807) is 25.1 Å². The monoisotopic (exact) mass is 405 g/mol. The summed E-state index contributed by atoms with van der Waals surface area (Å²) in [6.07, 6.45) is -0.390. The molecule has 0 aliphatic heterocycles. The Morgan fingerprint density at radius 1 is 1.36 bits per heavy atom. The van der Waals surface area contributed by atoms with E-state index in [1.165, 1.54) is 23.9 Å². The lowest BCUT2D eigenvalue weighted by Gasteiger charge is -2.15. The van der Waals surface area contributed by atoms with Gasteiger partial charge in [-0.2, -0.15) is 0 Å². The van der Waals surface area contributed by atoms with Crippen molar-refractivity contribution in [3.63, 3.8) is 0 Å². The number of aryl methyl sites for hydroxylation is 1. The molecule has 10 heteroatoms. The molecule has 1 atom stereocenters. The maximum atomic E-state index is 13.0. The maximum absolute atomic E-state index is 13.0. The zero-order valence-electron chi connectivity index (χ0n) is 15.7. The lowest BCUT2D eigenvalue weighted by molar-refractivity contribution is -0.113. The van der Waals surface area contributed by atoms with Crippen LogP contribution < -0.4 is 10.1 Å². The van der Waals surface area contributed by atoms with Crippen LogP contribution in [0.4, 0.5) is 10.2 Å². The summed E-state index contributed by atoms with van der Waals surface area (Å²) in [7, 11) is 0. The first kappa shape index (κ1) is 19.9. The summed E-state index contributed by atoms with van der Waals surface area (Å²) in [5, 5.41) is 15.4. The minimum Gasteiger partial charge on any atom is -0.483 e. The number of carbonyl (C=O) groups excluding carboxylic acids is 1. The number of carbonyl (C=O) groups is 1. The Labute approximate surface area is 165 Å². The molecule has 3 rings (SSSR count). The molecule has 1 unspecified atom stereocenters. The second-order valence-electron chi connectivity index (χ2n) is 5.96. The molecule has 0 fully saturated rings. The average molecular weight is 405 g/mol. The molecule has 0 aliphatic rings. The molecule has 0 aliphatic carbocycles. The summed E-state index contributed by atoms with van der Waals surface area (Å²) in [5.41, 5.74) is 0. The third-order valence-electron chi connectivity index (χ3n) is 3.78. The van der Waals surface area contributed by atoms with Crippen molar-refractivity contribution in [3.05, 3.63) is 47.7 Å². The molecule has 2 heterocycles. The molecule has 0 radical (unpaired) electrons. The fourth-order valence-corrected chi connectivity index (χ4v) is 3.32. The fourth-order valence-electron chi connectivity index (χ4n) is 2.51. The average Bonchev–Trinajstić information content (AvgIpc) is 3.27. The number of ether oxygens (including phenoxy) is 1. The van der Waals surface area contributed by atoms with Crippen LogP contribution >= 0.6 is 11.8 Å². The Morgan fingerprint density at radius 3 is 2.75 bits per heavy atom. The molecule has 3 aromatic rings. The van der Waals surface area contributed by atoms with Crippen molar-refractivity contribution >= 4 is 23.5 Å². The summed E-state index contributed by atoms with van der Waals surface area (Å²) < 4.78 is 25.7. The molecule has 148 valence electrons. The first-order valence-corrected chi connectivity index (χ1v) is 9.66. The Balaban J connectivity index is 1.62. The van der Waals surface area contributed by atoms with Gasteiger partial charge in [0.25, 0.3) is 0 Å². The van der Waals surface area contributed by atoms with Gasteiger partial charge >= 0.3 is 0 Å². The lowest BCUT2D eigenvalue weighted by atomic mass is 10.3. The van der Waals surface area contributed by atoms with Crippen LogP contribution in [0.2, 0.25) is 0 Å². The molecule has 28 heavy (non-hydrogen) atoms. The molecular formula is C18H20FN5O3S. The first-order valence-electron chi connectivity index (χ1n) is 8.67. The lowest BCUT2D eigenvalue weighted by Crippen LogP contribution is -2.15. The molecule has 0 bridgehead atoms. The van der Waals surface area contributed by atoms with Crippen molar-refractivity contribution in [1.29, 1.82) is 0 Å². The van der Waals surface area contributed by atoms with Crippen LogP contribution in [-0.2, 0) is 11.3 Å². The molecule has 0 spiro atoms.